The molecule has 7 nitrogen and oxygen atoms in total. The van der Waals surface area contributed by atoms with Gasteiger partial charge in [0.05, 0.1) is 0 Å². The van der Waals surface area contributed by atoms with Crippen LogP contribution in [0.1, 0.15) is 239 Å². The molecule has 2 unspecified atom stereocenters. The van der Waals surface area contributed by atoms with Crippen LogP contribution in [0.5, 0.6) is 0 Å². The highest BCUT2D eigenvalue weighted by Crippen LogP contribution is 2.19. The lowest BCUT2D eigenvalue weighted by Gasteiger charge is -2.18. The van der Waals surface area contributed by atoms with E-state index in [0.29, 0.717) is 32.2 Å². The Kier molecular flexibility index (Phi) is 40.3. The van der Waals surface area contributed by atoms with Crippen LogP contribution in [0.3, 0.4) is 0 Å². The Labute approximate surface area is 333 Å². The highest BCUT2D eigenvalue weighted by Gasteiger charge is 2.19. The van der Waals surface area contributed by atoms with E-state index in [1.807, 2.05) is 0 Å². The monoisotopic (exact) mass is 761 g/mol. The van der Waals surface area contributed by atoms with E-state index < -0.39 is 12.0 Å². The van der Waals surface area contributed by atoms with Crippen LogP contribution in [-0.2, 0) is 19.1 Å². The van der Waals surface area contributed by atoms with E-state index in [1.165, 1.54) is 128 Å². The summed E-state index contributed by atoms with van der Waals surface area (Å²) in [5.41, 5.74) is 5.49. The molecule has 0 fully saturated rings. The molecule has 0 aliphatic rings. The fourth-order valence-corrected chi connectivity index (χ4v) is 7.01. The quantitative estimate of drug-likeness (QED) is 0.0324. The SMILES string of the molecule is CCCCCC/C=C\C/C=C\CCCCCCCCCC(=O)OC(CCCCCCCCCCCC)CCCCCCCC(=O)NC(CCCN)C(=O)O. The maximum absolute atomic E-state index is 12.8. The van der Waals surface area contributed by atoms with Crippen LogP contribution in [0.2, 0.25) is 0 Å². The topological polar surface area (TPSA) is 119 Å². The fourth-order valence-electron chi connectivity index (χ4n) is 7.01. The van der Waals surface area contributed by atoms with E-state index in [4.69, 9.17) is 10.5 Å². The highest BCUT2D eigenvalue weighted by atomic mass is 16.5. The van der Waals surface area contributed by atoms with E-state index >= 15 is 0 Å². The molecule has 2 atom stereocenters. The summed E-state index contributed by atoms with van der Waals surface area (Å²) in [5.74, 6) is -1.23. The Morgan fingerprint density at radius 3 is 1.44 bits per heavy atom. The predicted molar refractivity (Wildman–Crippen MR) is 230 cm³/mol. The number of ether oxygens (including phenoxy) is 1. The third kappa shape index (κ3) is 38.1. The van der Waals surface area contributed by atoms with Crippen LogP contribution in [0.25, 0.3) is 0 Å². The second kappa shape index (κ2) is 42.0. The number of hydrogen-bond acceptors (Lipinski definition) is 5. The lowest BCUT2D eigenvalue weighted by atomic mass is 10.0. The Balaban J connectivity index is 4.24. The van der Waals surface area contributed by atoms with E-state index in [9.17, 15) is 19.5 Å². The molecule has 0 radical (unpaired) electrons. The first kappa shape index (κ1) is 51.9. The molecule has 0 saturated heterocycles. The van der Waals surface area contributed by atoms with Crippen LogP contribution in [-0.4, -0.2) is 41.6 Å². The molecule has 0 aliphatic carbocycles. The number of allylic oxidation sites excluding steroid dienone is 4. The van der Waals surface area contributed by atoms with E-state index in [-0.39, 0.29) is 18.0 Å². The van der Waals surface area contributed by atoms with Crippen LogP contribution in [0.15, 0.2) is 24.3 Å². The average molecular weight is 761 g/mol. The van der Waals surface area contributed by atoms with Crippen molar-refractivity contribution in [2.75, 3.05) is 6.54 Å². The second-order valence-corrected chi connectivity index (χ2v) is 15.8. The van der Waals surface area contributed by atoms with Crippen molar-refractivity contribution in [1.82, 2.24) is 5.32 Å². The number of hydrogen-bond donors (Lipinski definition) is 3. The zero-order chi connectivity index (χ0) is 39.6. The van der Waals surface area contributed by atoms with Gasteiger partial charge in [0.2, 0.25) is 5.91 Å². The zero-order valence-electron chi connectivity index (χ0n) is 35.6. The van der Waals surface area contributed by atoms with Gasteiger partial charge in [-0.3, -0.25) is 9.59 Å². The van der Waals surface area contributed by atoms with Crippen molar-refractivity contribution in [3.63, 3.8) is 0 Å². The van der Waals surface area contributed by atoms with Crippen LogP contribution in [0.4, 0.5) is 0 Å². The lowest BCUT2D eigenvalue weighted by Crippen LogP contribution is -2.40. The molecule has 4 N–H and O–H groups in total. The van der Waals surface area contributed by atoms with Gasteiger partial charge >= 0.3 is 11.9 Å². The maximum atomic E-state index is 12.8. The van der Waals surface area contributed by atoms with Crippen molar-refractivity contribution in [3.8, 4) is 0 Å². The third-order valence-corrected chi connectivity index (χ3v) is 10.5. The number of carboxylic acids is 1. The van der Waals surface area contributed by atoms with Crippen molar-refractivity contribution in [2.24, 2.45) is 5.73 Å². The number of amides is 1. The molecule has 0 bridgehead atoms. The number of carbonyl (C=O) groups is 3. The summed E-state index contributed by atoms with van der Waals surface area (Å²) in [5, 5.41) is 11.9. The van der Waals surface area contributed by atoms with Gasteiger partial charge in [0, 0.05) is 12.8 Å². The molecule has 1 amide bonds. The van der Waals surface area contributed by atoms with Crippen LogP contribution < -0.4 is 11.1 Å². The van der Waals surface area contributed by atoms with Gasteiger partial charge in [0.1, 0.15) is 12.1 Å². The molecule has 0 rings (SSSR count). The summed E-state index contributed by atoms with van der Waals surface area (Å²) in [4.78, 5) is 36.4. The Bertz CT molecular complexity index is 905. The minimum atomic E-state index is -1.00. The first-order valence-corrected chi connectivity index (χ1v) is 23.2. The average Bonchev–Trinajstić information content (AvgIpc) is 3.16. The second-order valence-electron chi connectivity index (χ2n) is 15.8. The summed E-state index contributed by atoms with van der Waals surface area (Å²) in [6.07, 6.45) is 47.9. The highest BCUT2D eigenvalue weighted by molar-refractivity contribution is 5.83. The molecule has 0 heterocycles. The summed E-state index contributed by atoms with van der Waals surface area (Å²) < 4.78 is 6.05. The van der Waals surface area contributed by atoms with Gasteiger partial charge in [-0.2, -0.15) is 0 Å². The van der Waals surface area contributed by atoms with Crippen molar-refractivity contribution < 1.29 is 24.2 Å². The van der Waals surface area contributed by atoms with E-state index in [1.54, 1.807) is 0 Å². The molecule has 0 saturated carbocycles. The van der Waals surface area contributed by atoms with Crippen LogP contribution in [0, 0.1) is 0 Å². The van der Waals surface area contributed by atoms with Gasteiger partial charge in [0.15, 0.2) is 0 Å². The van der Waals surface area contributed by atoms with E-state index in [0.717, 1.165) is 70.6 Å². The molecule has 0 aliphatic heterocycles. The molecule has 7 heteroatoms. The molecular formula is C47H88N2O5. The molecule has 0 aromatic rings. The minimum Gasteiger partial charge on any atom is -0.480 e. The van der Waals surface area contributed by atoms with Gasteiger partial charge in [-0.15, -0.1) is 0 Å². The van der Waals surface area contributed by atoms with Crippen molar-refractivity contribution >= 4 is 17.8 Å². The molecular weight excluding hydrogens is 673 g/mol. The Morgan fingerprint density at radius 1 is 0.537 bits per heavy atom. The predicted octanol–water partition coefficient (Wildman–Crippen LogP) is 13.2. The number of esters is 1. The number of aliphatic carboxylic acids is 1. The molecule has 0 spiro atoms. The maximum Gasteiger partial charge on any atom is 0.326 e. The smallest absolute Gasteiger partial charge is 0.326 e. The summed E-state index contributed by atoms with van der Waals surface area (Å²) in [6, 6.07) is -0.855. The van der Waals surface area contributed by atoms with Gasteiger partial charge < -0.3 is 20.9 Å². The number of carboxylic acid groups (broad SMARTS) is 1. The Hall–Kier alpha value is -2.15. The van der Waals surface area contributed by atoms with Gasteiger partial charge in [-0.05, 0) is 90.0 Å². The number of unbranched alkanes of at least 4 members (excludes halogenated alkanes) is 24. The minimum absolute atomic E-state index is 0.0133. The number of rotatable bonds is 42. The lowest BCUT2D eigenvalue weighted by molar-refractivity contribution is -0.150. The molecule has 316 valence electrons. The third-order valence-electron chi connectivity index (χ3n) is 10.5. The molecule has 0 aromatic carbocycles. The van der Waals surface area contributed by atoms with Gasteiger partial charge in [-0.25, -0.2) is 4.79 Å². The first-order chi connectivity index (χ1) is 26.4. The summed E-state index contributed by atoms with van der Waals surface area (Å²) in [7, 11) is 0. The normalized spacial score (nSPS) is 12.8. The summed E-state index contributed by atoms with van der Waals surface area (Å²) >= 11 is 0. The fraction of sp³-hybridized carbons (Fsp3) is 0.851. The van der Waals surface area contributed by atoms with Gasteiger partial charge in [0.25, 0.3) is 0 Å². The molecule has 54 heavy (non-hydrogen) atoms. The van der Waals surface area contributed by atoms with Crippen molar-refractivity contribution in [1.29, 1.82) is 0 Å². The van der Waals surface area contributed by atoms with Crippen LogP contribution >= 0.6 is 0 Å². The Morgan fingerprint density at radius 2 is 0.963 bits per heavy atom. The van der Waals surface area contributed by atoms with Gasteiger partial charge in [-0.1, -0.05) is 167 Å². The zero-order valence-corrected chi connectivity index (χ0v) is 35.6. The van der Waals surface area contributed by atoms with E-state index in [2.05, 4.69) is 43.5 Å². The number of nitrogens with one attached hydrogen (secondary N) is 1. The molecule has 0 aromatic heterocycles. The largest absolute Gasteiger partial charge is 0.480 e. The summed E-state index contributed by atoms with van der Waals surface area (Å²) in [6.45, 7) is 4.94. The standard InChI is InChI=1S/C47H88N2O5/c1-3-5-7-9-11-13-15-16-17-18-19-20-21-22-24-26-31-35-41-46(51)54-43(37-32-28-25-23-14-12-10-8-6-4-2)38-33-29-27-30-34-40-45(50)49-44(47(52)53)39-36-42-48/h13,15,17-18,43-44H,3-12,14,16,19-42,48H2,1-2H3,(H,49,50)(H,52,53)/b15-13-,18-17-. The number of nitrogens with two attached hydrogens (primary N) is 1. The van der Waals surface area contributed by atoms with Crippen molar-refractivity contribution in [3.05, 3.63) is 24.3 Å². The number of carbonyl (C=O) groups excluding carboxylic acids is 2. The first-order valence-electron chi connectivity index (χ1n) is 23.2. The van der Waals surface area contributed by atoms with Crippen molar-refractivity contribution in [2.45, 2.75) is 251 Å².